The summed E-state index contributed by atoms with van der Waals surface area (Å²) < 4.78 is 34.3. The fourth-order valence-electron chi connectivity index (χ4n) is 4.19. The first-order chi connectivity index (χ1) is 16.6. The monoisotopic (exact) mass is 501 g/mol. The Labute approximate surface area is 206 Å². The number of ether oxygens (including phenoxy) is 1. The highest BCUT2D eigenvalue weighted by molar-refractivity contribution is 7.89. The minimum atomic E-state index is -3.93. The van der Waals surface area contributed by atoms with Gasteiger partial charge >= 0.3 is 5.97 Å². The molecule has 2 heterocycles. The molecule has 1 aromatic carbocycles. The van der Waals surface area contributed by atoms with E-state index in [1.165, 1.54) is 23.5 Å². The first kappa shape index (κ1) is 26.4. The highest BCUT2D eigenvalue weighted by atomic mass is 32.2. The van der Waals surface area contributed by atoms with Gasteiger partial charge in [-0.3, -0.25) is 9.59 Å². The summed E-state index contributed by atoms with van der Waals surface area (Å²) in [5, 5.41) is 11.8. The van der Waals surface area contributed by atoms with Gasteiger partial charge in [0, 0.05) is 57.3 Å². The zero-order valence-corrected chi connectivity index (χ0v) is 21.0. The molecule has 0 bridgehead atoms. The molecule has 2 aliphatic rings. The lowest BCUT2D eigenvalue weighted by Gasteiger charge is -2.31. The topological polar surface area (TPSA) is 116 Å². The number of likely N-dealkylation sites (N-methyl/N-ethyl adjacent to an activating group) is 1. The molecule has 9 nitrogen and oxygen atoms in total. The van der Waals surface area contributed by atoms with E-state index >= 15 is 0 Å². The molecule has 2 aliphatic heterocycles. The van der Waals surface area contributed by atoms with Crippen molar-refractivity contribution in [1.82, 2.24) is 14.5 Å². The van der Waals surface area contributed by atoms with E-state index in [-0.39, 0.29) is 23.0 Å². The molecule has 2 N–H and O–H groups in total. The Balaban J connectivity index is 2.15. The molecule has 0 unspecified atom stereocenters. The number of amides is 1. The SMILES string of the molecule is C=C/C(CC(=O)O)=C1/C=C(c2ccc(C(=O)NC)cc2S(=O)(=O)N2CCC(OC)CC2)C=CN1C. The second-order valence-electron chi connectivity index (χ2n) is 8.34. The number of nitrogens with zero attached hydrogens (tertiary/aromatic N) is 2. The van der Waals surface area contributed by atoms with Crippen LogP contribution in [0.15, 0.2) is 65.4 Å². The molecule has 35 heavy (non-hydrogen) atoms. The quantitative estimate of drug-likeness (QED) is 0.562. The maximum atomic E-state index is 13.8. The number of carbonyl (C=O) groups is 2. The smallest absolute Gasteiger partial charge is 0.307 e. The van der Waals surface area contributed by atoms with Gasteiger partial charge < -0.3 is 20.1 Å². The first-order valence-electron chi connectivity index (χ1n) is 11.2. The second kappa shape index (κ2) is 11.0. The van der Waals surface area contributed by atoms with Crippen LogP contribution in [0.25, 0.3) is 5.57 Å². The zero-order valence-electron chi connectivity index (χ0n) is 20.2. The van der Waals surface area contributed by atoms with E-state index in [2.05, 4.69) is 11.9 Å². The Morgan fingerprint density at radius 2 is 1.97 bits per heavy atom. The van der Waals surface area contributed by atoms with Crippen molar-refractivity contribution in [2.75, 3.05) is 34.3 Å². The molecule has 188 valence electrons. The molecule has 3 rings (SSSR count). The highest BCUT2D eigenvalue weighted by Gasteiger charge is 2.32. The minimum absolute atomic E-state index is 0.0110. The van der Waals surface area contributed by atoms with Gasteiger partial charge in [-0.2, -0.15) is 4.31 Å². The van der Waals surface area contributed by atoms with Gasteiger partial charge in [0.2, 0.25) is 10.0 Å². The number of benzene rings is 1. The molecule has 0 saturated carbocycles. The van der Waals surface area contributed by atoms with E-state index in [0.29, 0.717) is 48.3 Å². The van der Waals surface area contributed by atoms with Gasteiger partial charge in [0.15, 0.2) is 0 Å². The van der Waals surface area contributed by atoms with Crippen molar-refractivity contribution in [1.29, 1.82) is 0 Å². The Kier molecular flexibility index (Phi) is 8.31. The summed E-state index contributed by atoms with van der Waals surface area (Å²) in [6.45, 7) is 4.36. The van der Waals surface area contributed by atoms with Crippen molar-refractivity contribution < 1.29 is 27.9 Å². The van der Waals surface area contributed by atoms with Gasteiger partial charge in [0.1, 0.15) is 0 Å². The van der Waals surface area contributed by atoms with Crippen molar-refractivity contribution in [3.8, 4) is 0 Å². The van der Waals surface area contributed by atoms with Crippen molar-refractivity contribution in [2.45, 2.75) is 30.3 Å². The maximum Gasteiger partial charge on any atom is 0.307 e. The highest BCUT2D eigenvalue weighted by Crippen LogP contribution is 2.34. The van der Waals surface area contributed by atoms with Crippen molar-refractivity contribution in [2.24, 2.45) is 0 Å². The van der Waals surface area contributed by atoms with Gasteiger partial charge in [0.05, 0.1) is 17.4 Å². The van der Waals surface area contributed by atoms with Gasteiger partial charge in [-0.25, -0.2) is 8.42 Å². The molecule has 1 fully saturated rings. The number of aliphatic carboxylic acids is 1. The number of carboxylic acids is 1. The number of methoxy groups -OCH3 is 1. The van der Waals surface area contributed by atoms with E-state index in [1.807, 2.05) is 0 Å². The summed E-state index contributed by atoms with van der Waals surface area (Å²) in [5.41, 5.74) is 2.32. The fourth-order valence-corrected chi connectivity index (χ4v) is 5.90. The van der Waals surface area contributed by atoms with Crippen molar-refractivity contribution >= 4 is 27.5 Å². The maximum absolute atomic E-state index is 13.8. The van der Waals surface area contributed by atoms with Crippen LogP contribution in [-0.2, 0) is 19.6 Å². The van der Waals surface area contributed by atoms with E-state index in [4.69, 9.17) is 4.74 Å². The summed E-state index contributed by atoms with van der Waals surface area (Å²) in [5.74, 6) is -1.39. The van der Waals surface area contributed by atoms with Crippen LogP contribution in [-0.4, -0.2) is 75.0 Å². The van der Waals surface area contributed by atoms with Crippen molar-refractivity contribution in [3.63, 3.8) is 0 Å². The molecular weight excluding hydrogens is 470 g/mol. The molecular formula is C25H31N3O6S. The average molecular weight is 502 g/mol. The van der Waals surface area contributed by atoms with Gasteiger partial charge in [0.25, 0.3) is 5.91 Å². The molecule has 1 saturated heterocycles. The van der Waals surface area contributed by atoms with Crippen LogP contribution in [0.2, 0.25) is 0 Å². The predicted molar refractivity (Wildman–Crippen MR) is 133 cm³/mol. The van der Waals surface area contributed by atoms with E-state index in [9.17, 15) is 23.1 Å². The van der Waals surface area contributed by atoms with E-state index in [0.717, 1.165) is 0 Å². The number of nitrogens with one attached hydrogen (secondary N) is 1. The van der Waals surface area contributed by atoms with Crippen LogP contribution in [0.4, 0.5) is 0 Å². The standard InChI is InChI=1S/C25H31N3O6S/c1-5-17(16-24(29)30)22-14-18(8-11-27(22)3)21-7-6-19(25(31)26-2)15-23(21)35(32,33)28-12-9-20(34-4)10-13-28/h5-8,11,14-15,20H,1,9-10,12-13,16H2,2-4H3,(H,26,31)(H,29,30)/b22-17+. The number of sulfonamides is 1. The average Bonchev–Trinajstić information content (AvgIpc) is 2.86. The van der Waals surface area contributed by atoms with Crippen LogP contribution in [0, 0.1) is 0 Å². The molecule has 0 radical (unpaired) electrons. The summed E-state index contributed by atoms with van der Waals surface area (Å²) >= 11 is 0. The second-order valence-corrected chi connectivity index (χ2v) is 10.2. The summed E-state index contributed by atoms with van der Waals surface area (Å²) in [6.07, 6.45) is 7.67. The summed E-state index contributed by atoms with van der Waals surface area (Å²) in [7, 11) is 0.941. The number of rotatable bonds is 8. The third-order valence-corrected chi connectivity index (χ3v) is 8.14. The van der Waals surface area contributed by atoms with Gasteiger partial charge in [-0.15, -0.1) is 0 Å². The zero-order chi connectivity index (χ0) is 25.8. The lowest BCUT2D eigenvalue weighted by atomic mass is 9.98. The van der Waals surface area contributed by atoms with Crippen LogP contribution >= 0.6 is 0 Å². The molecule has 10 heteroatoms. The number of allylic oxidation sites excluding steroid dienone is 4. The minimum Gasteiger partial charge on any atom is -0.481 e. The summed E-state index contributed by atoms with van der Waals surface area (Å²) in [4.78, 5) is 25.4. The lowest BCUT2D eigenvalue weighted by molar-refractivity contribution is -0.136. The van der Waals surface area contributed by atoms with Crippen LogP contribution < -0.4 is 5.32 Å². The third-order valence-electron chi connectivity index (χ3n) is 6.20. The molecule has 0 atom stereocenters. The number of carboxylic acid groups (broad SMARTS) is 1. The summed E-state index contributed by atoms with van der Waals surface area (Å²) in [6, 6.07) is 4.59. The van der Waals surface area contributed by atoms with Gasteiger partial charge in [-0.1, -0.05) is 18.7 Å². The molecule has 0 spiro atoms. The Morgan fingerprint density at radius 3 is 2.54 bits per heavy atom. The third kappa shape index (κ3) is 5.72. The molecule has 0 aliphatic carbocycles. The van der Waals surface area contributed by atoms with Crippen LogP contribution in [0.5, 0.6) is 0 Å². The van der Waals surface area contributed by atoms with Crippen molar-refractivity contribution in [3.05, 3.63) is 71.6 Å². The molecule has 1 aromatic rings. The van der Waals surface area contributed by atoms with E-state index < -0.39 is 21.9 Å². The Bertz CT molecular complexity index is 1210. The molecule has 0 aromatic heterocycles. The first-order valence-corrected chi connectivity index (χ1v) is 12.7. The largest absolute Gasteiger partial charge is 0.481 e. The Morgan fingerprint density at radius 1 is 1.29 bits per heavy atom. The number of carbonyl (C=O) groups excluding carboxylic acids is 1. The lowest BCUT2D eigenvalue weighted by Crippen LogP contribution is -2.41. The number of piperidine rings is 1. The Hall–Kier alpha value is -3.21. The number of hydrogen-bond acceptors (Lipinski definition) is 6. The molecule has 1 amide bonds. The predicted octanol–water partition coefficient (Wildman–Crippen LogP) is 2.60. The van der Waals surface area contributed by atoms with Crippen LogP contribution in [0.3, 0.4) is 0 Å². The van der Waals surface area contributed by atoms with E-state index in [1.54, 1.807) is 49.5 Å². The number of hydrogen-bond donors (Lipinski definition) is 2. The normalized spacial score (nSPS) is 18.7. The van der Waals surface area contributed by atoms with Gasteiger partial charge in [-0.05, 0) is 48.3 Å². The fraction of sp³-hybridized carbons (Fsp3) is 0.360. The van der Waals surface area contributed by atoms with Crippen LogP contribution in [0.1, 0.15) is 35.2 Å².